The molecule has 1 N–H and O–H groups in total. The Kier molecular flexibility index (Phi) is 5.07. The number of rotatable bonds is 5. The van der Waals surface area contributed by atoms with E-state index in [0.717, 1.165) is 0 Å². The third-order valence-electron chi connectivity index (χ3n) is 2.80. The van der Waals surface area contributed by atoms with E-state index in [4.69, 9.17) is 10.4 Å². The number of benzene rings is 1. The lowest BCUT2D eigenvalue weighted by atomic mass is 10.0. The molecule has 0 radical (unpaired) electrons. The molecule has 5 heteroatoms. The average Bonchev–Trinajstić information content (AvgIpc) is 2.36. The van der Waals surface area contributed by atoms with E-state index in [1.165, 1.54) is 4.90 Å². The van der Waals surface area contributed by atoms with Crippen molar-refractivity contribution in [2.45, 2.75) is 19.8 Å². The van der Waals surface area contributed by atoms with Gasteiger partial charge in [-0.1, -0.05) is 6.92 Å². The Morgan fingerprint density at radius 2 is 1.89 bits per heavy atom. The van der Waals surface area contributed by atoms with E-state index in [1.807, 2.05) is 6.07 Å². The molecule has 0 spiro atoms. The zero-order valence-corrected chi connectivity index (χ0v) is 11.0. The lowest BCUT2D eigenvalue weighted by Crippen LogP contribution is -2.28. The highest BCUT2D eigenvalue weighted by molar-refractivity contribution is 5.93. The maximum absolute atomic E-state index is 12.0. The second-order valence-electron chi connectivity index (χ2n) is 4.52. The molecule has 0 aliphatic carbocycles. The van der Waals surface area contributed by atoms with E-state index in [1.54, 1.807) is 38.2 Å². The standard InChI is InChI=1S/C14H16N2O3/c1-10(8-14(18)19)7-13(17)16(2)12-5-3-11(9-15)4-6-12/h3-6,10H,7-8H2,1-2H3,(H,18,19). The molecule has 0 aliphatic heterocycles. The van der Waals surface area contributed by atoms with Crippen LogP contribution in [0.25, 0.3) is 0 Å². The molecule has 0 heterocycles. The first-order valence-electron chi connectivity index (χ1n) is 5.92. The van der Waals surface area contributed by atoms with Gasteiger partial charge in [-0.2, -0.15) is 5.26 Å². The maximum atomic E-state index is 12.0. The molecular formula is C14H16N2O3. The zero-order valence-electron chi connectivity index (χ0n) is 11.0. The number of carboxylic acids is 1. The second kappa shape index (κ2) is 6.55. The van der Waals surface area contributed by atoms with Gasteiger partial charge in [-0.25, -0.2) is 0 Å². The van der Waals surface area contributed by atoms with E-state index in [-0.39, 0.29) is 24.7 Å². The van der Waals surface area contributed by atoms with Gasteiger partial charge in [-0.3, -0.25) is 9.59 Å². The third-order valence-corrected chi connectivity index (χ3v) is 2.80. The zero-order chi connectivity index (χ0) is 14.4. The van der Waals surface area contributed by atoms with Crippen LogP contribution in [0.5, 0.6) is 0 Å². The van der Waals surface area contributed by atoms with Crippen molar-refractivity contribution in [3.8, 4) is 6.07 Å². The molecular weight excluding hydrogens is 244 g/mol. The summed E-state index contributed by atoms with van der Waals surface area (Å²) in [5.74, 6) is -1.24. The largest absolute Gasteiger partial charge is 0.481 e. The monoisotopic (exact) mass is 260 g/mol. The van der Waals surface area contributed by atoms with Crippen molar-refractivity contribution < 1.29 is 14.7 Å². The summed E-state index contributed by atoms with van der Waals surface area (Å²) in [6.07, 6.45) is 0.162. The van der Waals surface area contributed by atoms with Crippen molar-refractivity contribution >= 4 is 17.6 Å². The summed E-state index contributed by atoms with van der Waals surface area (Å²) >= 11 is 0. The molecule has 0 aromatic heterocycles. The predicted molar refractivity (Wildman–Crippen MR) is 70.6 cm³/mol. The molecule has 100 valence electrons. The maximum Gasteiger partial charge on any atom is 0.303 e. The van der Waals surface area contributed by atoms with Crippen molar-refractivity contribution in [3.63, 3.8) is 0 Å². The number of carbonyl (C=O) groups excluding carboxylic acids is 1. The van der Waals surface area contributed by atoms with E-state index in [0.29, 0.717) is 11.3 Å². The minimum Gasteiger partial charge on any atom is -0.481 e. The van der Waals surface area contributed by atoms with Gasteiger partial charge in [0.05, 0.1) is 11.6 Å². The van der Waals surface area contributed by atoms with Crippen LogP contribution in [0.3, 0.4) is 0 Å². The molecule has 0 aliphatic rings. The molecule has 0 fully saturated rings. The molecule has 0 bridgehead atoms. The smallest absolute Gasteiger partial charge is 0.303 e. The van der Waals surface area contributed by atoms with E-state index >= 15 is 0 Å². The number of aliphatic carboxylic acids is 1. The van der Waals surface area contributed by atoms with Crippen LogP contribution in [0.4, 0.5) is 5.69 Å². The van der Waals surface area contributed by atoms with Crippen molar-refractivity contribution in [1.29, 1.82) is 5.26 Å². The van der Waals surface area contributed by atoms with Crippen molar-refractivity contribution in [2.24, 2.45) is 5.92 Å². The number of nitriles is 1. The molecule has 0 saturated carbocycles. The van der Waals surface area contributed by atoms with Crippen LogP contribution in [0.15, 0.2) is 24.3 Å². The van der Waals surface area contributed by atoms with Crippen molar-refractivity contribution in [2.75, 3.05) is 11.9 Å². The summed E-state index contributed by atoms with van der Waals surface area (Å²) in [4.78, 5) is 24.0. The Bertz CT molecular complexity index is 502. The van der Waals surface area contributed by atoms with Gasteiger partial charge in [-0.15, -0.1) is 0 Å². The molecule has 1 amide bonds. The number of hydrogen-bond donors (Lipinski definition) is 1. The minimum atomic E-state index is -0.902. The second-order valence-corrected chi connectivity index (χ2v) is 4.52. The van der Waals surface area contributed by atoms with Gasteiger partial charge in [-0.05, 0) is 30.2 Å². The molecule has 1 aromatic carbocycles. The van der Waals surface area contributed by atoms with Gasteiger partial charge in [0.25, 0.3) is 0 Å². The first-order valence-corrected chi connectivity index (χ1v) is 5.92. The highest BCUT2D eigenvalue weighted by Crippen LogP contribution is 2.17. The fourth-order valence-corrected chi connectivity index (χ4v) is 1.71. The molecule has 1 unspecified atom stereocenters. The highest BCUT2D eigenvalue weighted by atomic mass is 16.4. The minimum absolute atomic E-state index is 0.0209. The summed E-state index contributed by atoms with van der Waals surface area (Å²) in [6.45, 7) is 1.73. The average molecular weight is 260 g/mol. The number of anilines is 1. The topological polar surface area (TPSA) is 81.4 Å². The quantitative estimate of drug-likeness (QED) is 0.878. The number of hydrogen-bond acceptors (Lipinski definition) is 3. The Morgan fingerprint density at radius 1 is 1.32 bits per heavy atom. The molecule has 1 aromatic rings. The van der Waals surface area contributed by atoms with Crippen molar-refractivity contribution in [3.05, 3.63) is 29.8 Å². The van der Waals surface area contributed by atoms with Gasteiger partial charge >= 0.3 is 5.97 Å². The summed E-state index contributed by atoms with van der Waals surface area (Å²) < 4.78 is 0. The van der Waals surface area contributed by atoms with Gasteiger partial charge in [0.1, 0.15) is 0 Å². The Morgan fingerprint density at radius 3 is 2.37 bits per heavy atom. The van der Waals surface area contributed by atoms with Gasteiger partial charge in [0.2, 0.25) is 5.91 Å². The lowest BCUT2D eigenvalue weighted by molar-refractivity contribution is -0.138. The van der Waals surface area contributed by atoms with Crippen LogP contribution in [0, 0.1) is 17.2 Å². The summed E-state index contributed by atoms with van der Waals surface area (Å²) in [5.41, 5.74) is 1.22. The van der Waals surface area contributed by atoms with Crippen LogP contribution < -0.4 is 4.90 Å². The van der Waals surface area contributed by atoms with Crippen molar-refractivity contribution in [1.82, 2.24) is 0 Å². The van der Waals surface area contributed by atoms with Gasteiger partial charge in [0.15, 0.2) is 0 Å². The van der Waals surface area contributed by atoms with Crippen LogP contribution in [-0.2, 0) is 9.59 Å². The van der Waals surface area contributed by atoms with Gasteiger partial charge in [0, 0.05) is 25.6 Å². The Hall–Kier alpha value is -2.35. The first-order chi connectivity index (χ1) is 8.93. The summed E-state index contributed by atoms with van der Waals surface area (Å²) in [6, 6.07) is 8.67. The Labute approximate surface area is 112 Å². The number of carbonyl (C=O) groups is 2. The SMILES string of the molecule is CC(CC(=O)O)CC(=O)N(C)c1ccc(C#N)cc1. The van der Waals surface area contributed by atoms with Crippen LogP contribution in [-0.4, -0.2) is 24.0 Å². The molecule has 1 rings (SSSR count). The molecule has 19 heavy (non-hydrogen) atoms. The normalized spacial score (nSPS) is 11.4. The lowest BCUT2D eigenvalue weighted by Gasteiger charge is -2.19. The number of nitrogens with zero attached hydrogens (tertiary/aromatic N) is 2. The third kappa shape index (κ3) is 4.43. The fourth-order valence-electron chi connectivity index (χ4n) is 1.71. The van der Waals surface area contributed by atoms with Crippen LogP contribution in [0.2, 0.25) is 0 Å². The Balaban J connectivity index is 2.66. The highest BCUT2D eigenvalue weighted by Gasteiger charge is 2.16. The van der Waals surface area contributed by atoms with Gasteiger partial charge < -0.3 is 10.0 Å². The molecule has 5 nitrogen and oxygen atoms in total. The predicted octanol–water partition coefficient (Wildman–Crippen LogP) is 2.02. The first kappa shape index (κ1) is 14.7. The van der Waals surface area contributed by atoms with Crippen LogP contribution in [0.1, 0.15) is 25.3 Å². The van der Waals surface area contributed by atoms with Crippen LogP contribution >= 0.6 is 0 Å². The van der Waals surface area contributed by atoms with E-state index in [2.05, 4.69) is 0 Å². The molecule has 0 saturated heterocycles. The fraction of sp³-hybridized carbons (Fsp3) is 0.357. The summed E-state index contributed by atoms with van der Waals surface area (Å²) in [5, 5.41) is 17.3. The van der Waals surface area contributed by atoms with E-state index in [9.17, 15) is 9.59 Å². The number of carboxylic acid groups (broad SMARTS) is 1. The number of amides is 1. The van der Waals surface area contributed by atoms with E-state index < -0.39 is 5.97 Å². The molecule has 1 atom stereocenters. The summed E-state index contributed by atoms with van der Waals surface area (Å²) in [7, 11) is 1.64.